The molecule has 0 aromatic carbocycles. The Kier molecular flexibility index (Phi) is 62.6. The van der Waals surface area contributed by atoms with Crippen molar-refractivity contribution in [1.82, 2.24) is 5.32 Å². The largest absolute Gasteiger partial charge is 0.756 e. The second-order valence-electron chi connectivity index (χ2n) is 26.7. The lowest BCUT2D eigenvalue weighted by atomic mass is 10.0. The van der Waals surface area contributed by atoms with E-state index in [1.54, 1.807) is 0 Å². The van der Waals surface area contributed by atoms with E-state index in [1.807, 2.05) is 21.1 Å². The molecule has 0 fully saturated rings. The van der Waals surface area contributed by atoms with Gasteiger partial charge in [0.25, 0.3) is 7.82 Å². The number of carbonyl (C=O) groups excluding carboxylic acids is 1. The monoisotopic (exact) mass is 1150 g/mol. The summed E-state index contributed by atoms with van der Waals surface area (Å²) < 4.78 is 23.6. The third kappa shape index (κ3) is 65.1. The number of quaternary nitrogens is 1. The summed E-state index contributed by atoms with van der Waals surface area (Å²) in [6.45, 7) is 4.81. The molecule has 80 heavy (non-hydrogen) atoms. The number of phosphoric ester groups is 1. The zero-order valence-corrected chi connectivity index (χ0v) is 56.0. The van der Waals surface area contributed by atoms with E-state index in [0.29, 0.717) is 23.9 Å². The van der Waals surface area contributed by atoms with Crippen LogP contribution in [0, 0.1) is 0 Å². The molecule has 0 aliphatic rings. The van der Waals surface area contributed by atoms with Crippen LogP contribution in [0.4, 0.5) is 0 Å². The molecule has 1 amide bonds. The van der Waals surface area contributed by atoms with Gasteiger partial charge < -0.3 is 28.8 Å². The van der Waals surface area contributed by atoms with Gasteiger partial charge >= 0.3 is 0 Å². The van der Waals surface area contributed by atoms with Gasteiger partial charge in [-0.3, -0.25) is 9.36 Å². The highest BCUT2D eigenvalue weighted by molar-refractivity contribution is 7.45. The summed E-state index contributed by atoms with van der Waals surface area (Å²) in [5, 5.41) is 14.1. The molecule has 0 radical (unpaired) electrons. The van der Waals surface area contributed by atoms with Gasteiger partial charge in [0.2, 0.25) is 5.91 Å². The van der Waals surface area contributed by atoms with E-state index in [2.05, 4.69) is 19.2 Å². The summed E-state index contributed by atoms with van der Waals surface area (Å²) in [7, 11) is 1.33. The van der Waals surface area contributed by atoms with Gasteiger partial charge in [-0.2, -0.15) is 0 Å². The second kappa shape index (κ2) is 63.0. The summed E-state index contributed by atoms with van der Waals surface area (Å²) in [5.41, 5.74) is 0. The normalized spacial score (nSPS) is 13.5. The molecule has 8 nitrogen and oxygen atoms in total. The molecule has 3 unspecified atom stereocenters. The molecule has 0 aromatic heterocycles. The first-order valence-electron chi connectivity index (χ1n) is 36.4. The molecule has 0 aliphatic heterocycles. The number of aliphatic hydroxyl groups is 1. The van der Waals surface area contributed by atoms with Crippen molar-refractivity contribution >= 4 is 13.7 Å². The summed E-state index contributed by atoms with van der Waals surface area (Å²) in [5.74, 6) is -0.153. The van der Waals surface area contributed by atoms with Crippen molar-refractivity contribution in [2.24, 2.45) is 0 Å². The van der Waals surface area contributed by atoms with Crippen molar-refractivity contribution in [2.75, 3.05) is 40.9 Å². The van der Waals surface area contributed by atoms with Gasteiger partial charge in [-0.15, -0.1) is 0 Å². The van der Waals surface area contributed by atoms with Gasteiger partial charge in [-0.25, -0.2) is 0 Å². The Morgan fingerprint density at radius 1 is 0.388 bits per heavy atom. The highest BCUT2D eigenvalue weighted by atomic mass is 31.2. The molecule has 2 N–H and O–H groups in total. The number of hydrogen-bond donors (Lipinski definition) is 2. The summed E-state index contributed by atoms with van der Waals surface area (Å²) in [6, 6.07) is -0.797. The molecular formula is C71H145N2O6P. The van der Waals surface area contributed by atoms with Crippen LogP contribution in [0.15, 0.2) is 0 Å². The standard InChI is InChI=1S/C71H145N2O6P/c1-6-8-10-12-14-16-18-20-22-24-26-28-30-32-34-36-37-39-41-43-45-47-49-51-53-55-57-59-61-63-65-71(75)72-69(68-79-80(76,77)78-67-66-73(3,4)5)70(74)64-62-60-58-56-54-52-50-48-46-44-42-40-38-35-33-31-29-27-25-23-21-19-17-15-13-11-9-7-2/h69-70,74H,6-68H2,1-5H3,(H-,72,75,76,77). The number of unbranched alkanes of at least 4 members (excludes halogenated alkanes) is 56. The Labute approximate surface area is 501 Å². The molecule has 0 saturated carbocycles. The molecular weight excluding hydrogens is 1010 g/mol. The Bertz CT molecular complexity index is 1260. The Balaban J connectivity index is 3.96. The molecule has 0 spiro atoms. The smallest absolute Gasteiger partial charge is 0.268 e. The van der Waals surface area contributed by atoms with Crippen LogP contribution in [-0.2, 0) is 18.4 Å². The van der Waals surface area contributed by atoms with Gasteiger partial charge in [0.05, 0.1) is 39.9 Å². The van der Waals surface area contributed by atoms with Gasteiger partial charge in [-0.1, -0.05) is 380 Å². The van der Waals surface area contributed by atoms with Crippen LogP contribution in [0.5, 0.6) is 0 Å². The van der Waals surface area contributed by atoms with Gasteiger partial charge in [0, 0.05) is 6.42 Å². The van der Waals surface area contributed by atoms with Crippen LogP contribution in [0.25, 0.3) is 0 Å². The number of nitrogens with zero attached hydrogens (tertiary/aromatic N) is 1. The van der Waals surface area contributed by atoms with E-state index in [4.69, 9.17) is 9.05 Å². The van der Waals surface area contributed by atoms with Gasteiger partial charge in [0.1, 0.15) is 13.2 Å². The van der Waals surface area contributed by atoms with E-state index in [1.165, 1.54) is 334 Å². The van der Waals surface area contributed by atoms with Crippen molar-refractivity contribution in [3.8, 4) is 0 Å². The molecule has 0 aromatic rings. The minimum absolute atomic E-state index is 0.0170. The number of likely N-dealkylation sites (N-methyl/N-ethyl adjacent to an activating group) is 1. The fourth-order valence-corrected chi connectivity index (χ4v) is 12.4. The first-order chi connectivity index (χ1) is 39.0. The van der Waals surface area contributed by atoms with Crippen molar-refractivity contribution < 1.29 is 32.9 Å². The number of rotatable bonds is 69. The lowest BCUT2D eigenvalue weighted by Crippen LogP contribution is -2.46. The van der Waals surface area contributed by atoms with Gasteiger partial charge in [-0.05, 0) is 12.8 Å². The quantitative estimate of drug-likeness (QED) is 0.0357. The molecule has 0 rings (SSSR count). The third-order valence-electron chi connectivity index (χ3n) is 17.3. The SMILES string of the molecule is CCCCCCCCCCCCCCCCCCCCCCCCCCCCCCCCC(=O)NC(COP(=O)([O-])OCC[N+](C)(C)C)C(O)CCCCCCCCCCCCCCCCCCCCCCCCCCCCCC. The highest BCUT2D eigenvalue weighted by Gasteiger charge is 2.24. The van der Waals surface area contributed by atoms with E-state index in [0.717, 1.165) is 38.5 Å². The lowest BCUT2D eigenvalue weighted by molar-refractivity contribution is -0.870. The number of amides is 1. The Morgan fingerprint density at radius 3 is 0.850 bits per heavy atom. The van der Waals surface area contributed by atoms with Crippen LogP contribution < -0.4 is 10.2 Å². The first kappa shape index (κ1) is 79.5. The number of phosphoric acid groups is 1. The predicted octanol–water partition coefficient (Wildman–Crippen LogP) is 22.5. The maximum absolute atomic E-state index is 13.1. The number of carbonyl (C=O) groups is 1. The summed E-state index contributed by atoms with van der Waals surface area (Å²) in [6.07, 6.45) is 79.1. The molecule has 0 heterocycles. The fraction of sp³-hybridized carbons (Fsp3) is 0.986. The average molecular weight is 1150 g/mol. The van der Waals surface area contributed by atoms with E-state index >= 15 is 0 Å². The Morgan fingerprint density at radius 2 is 0.613 bits per heavy atom. The molecule has 3 atom stereocenters. The number of nitrogens with one attached hydrogen (secondary N) is 1. The zero-order chi connectivity index (χ0) is 58.4. The van der Waals surface area contributed by atoms with E-state index < -0.39 is 20.0 Å². The minimum atomic E-state index is -4.58. The summed E-state index contributed by atoms with van der Waals surface area (Å²) >= 11 is 0. The van der Waals surface area contributed by atoms with E-state index in [-0.39, 0.29) is 19.1 Å². The van der Waals surface area contributed by atoms with Crippen LogP contribution in [0.2, 0.25) is 0 Å². The Hall–Kier alpha value is -0.500. The molecule has 0 saturated heterocycles. The minimum Gasteiger partial charge on any atom is -0.756 e. The molecule has 0 bridgehead atoms. The second-order valence-corrected chi connectivity index (χ2v) is 28.1. The van der Waals surface area contributed by atoms with Crippen LogP contribution in [0.1, 0.15) is 399 Å². The first-order valence-corrected chi connectivity index (χ1v) is 37.8. The third-order valence-corrected chi connectivity index (χ3v) is 18.3. The van der Waals surface area contributed by atoms with Crippen LogP contribution in [-0.4, -0.2) is 68.5 Å². The topological polar surface area (TPSA) is 108 Å². The molecule has 9 heteroatoms. The van der Waals surface area contributed by atoms with Crippen molar-refractivity contribution in [2.45, 2.75) is 411 Å². The maximum atomic E-state index is 13.1. The predicted molar refractivity (Wildman–Crippen MR) is 349 cm³/mol. The van der Waals surface area contributed by atoms with E-state index in [9.17, 15) is 19.4 Å². The lowest BCUT2D eigenvalue weighted by Gasteiger charge is -2.30. The molecule has 480 valence electrons. The number of hydrogen-bond acceptors (Lipinski definition) is 6. The van der Waals surface area contributed by atoms with Crippen molar-refractivity contribution in [3.05, 3.63) is 0 Å². The maximum Gasteiger partial charge on any atom is 0.268 e. The van der Waals surface area contributed by atoms with Crippen molar-refractivity contribution in [3.63, 3.8) is 0 Å². The number of aliphatic hydroxyl groups excluding tert-OH is 1. The zero-order valence-electron chi connectivity index (χ0n) is 55.1. The highest BCUT2D eigenvalue weighted by Crippen LogP contribution is 2.38. The van der Waals surface area contributed by atoms with Crippen LogP contribution >= 0.6 is 7.82 Å². The van der Waals surface area contributed by atoms with Crippen LogP contribution in [0.3, 0.4) is 0 Å². The van der Waals surface area contributed by atoms with Gasteiger partial charge in [0.15, 0.2) is 0 Å². The summed E-state index contributed by atoms with van der Waals surface area (Å²) in [4.78, 5) is 25.7. The fourth-order valence-electron chi connectivity index (χ4n) is 11.7. The average Bonchev–Trinajstić information content (AvgIpc) is 3.42. The molecule has 0 aliphatic carbocycles. The van der Waals surface area contributed by atoms with Crippen molar-refractivity contribution in [1.29, 1.82) is 0 Å².